The van der Waals surface area contributed by atoms with Gasteiger partial charge < -0.3 is 31.1 Å². The number of hydrogen-bond acceptors (Lipinski definition) is 6. The monoisotopic (exact) mass is 678 g/mol. The molecule has 4 aromatic carbocycles. The Bertz CT molecular complexity index is 2140. The molecule has 6 aliphatic heterocycles. The predicted molar refractivity (Wildman–Crippen MR) is 190 cm³/mol. The molecule has 256 valence electrons. The molecule has 0 spiro atoms. The molecular weight excluding hydrogens is 640 g/mol. The minimum absolute atomic E-state index is 0.132. The molecule has 0 radical (unpaired) electrons. The van der Waals surface area contributed by atoms with Crippen molar-refractivity contribution in [1.29, 1.82) is 0 Å². The molecule has 8 unspecified atom stereocenters. The average Bonchev–Trinajstić information content (AvgIpc) is 3.85. The van der Waals surface area contributed by atoms with E-state index < -0.39 is 47.3 Å². The van der Waals surface area contributed by atoms with Crippen LogP contribution < -0.4 is 21.3 Å². The van der Waals surface area contributed by atoms with Crippen LogP contribution in [-0.2, 0) is 42.8 Å². The Morgan fingerprint density at radius 3 is 1.47 bits per heavy atom. The van der Waals surface area contributed by atoms with Crippen LogP contribution in [0.1, 0.15) is 40.7 Å². The van der Waals surface area contributed by atoms with Crippen LogP contribution in [0.5, 0.6) is 0 Å². The van der Waals surface area contributed by atoms with E-state index in [9.17, 15) is 19.2 Å². The van der Waals surface area contributed by atoms with Gasteiger partial charge in [-0.3, -0.25) is 19.2 Å². The highest BCUT2D eigenvalue weighted by atomic mass is 16.2. The number of anilines is 2. The third-order valence-corrected chi connectivity index (χ3v) is 12.6. The molecule has 4 fully saturated rings. The van der Waals surface area contributed by atoms with Gasteiger partial charge in [-0.25, -0.2) is 0 Å². The van der Waals surface area contributed by atoms with Crippen LogP contribution in [0.25, 0.3) is 0 Å². The van der Waals surface area contributed by atoms with E-state index in [4.69, 9.17) is 0 Å². The van der Waals surface area contributed by atoms with Crippen molar-refractivity contribution >= 4 is 35.0 Å². The van der Waals surface area contributed by atoms with Crippen LogP contribution in [0.4, 0.5) is 11.4 Å². The Balaban J connectivity index is 1.12. The second-order valence-electron chi connectivity index (χ2n) is 15.1. The lowest BCUT2D eigenvalue weighted by Crippen LogP contribution is -2.67. The third kappa shape index (κ3) is 3.98. The van der Waals surface area contributed by atoms with Crippen LogP contribution in [-0.4, -0.2) is 69.9 Å². The lowest BCUT2D eigenvalue weighted by Gasteiger charge is -2.48. The van der Waals surface area contributed by atoms with Crippen molar-refractivity contribution in [3.63, 3.8) is 0 Å². The first kappa shape index (κ1) is 30.2. The van der Waals surface area contributed by atoms with Gasteiger partial charge in [0.15, 0.2) is 0 Å². The number of benzene rings is 4. The molecule has 0 bridgehead atoms. The first-order valence-electron chi connectivity index (χ1n) is 17.9. The van der Waals surface area contributed by atoms with Crippen molar-refractivity contribution in [3.8, 4) is 0 Å². The minimum atomic E-state index is -0.864. The summed E-state index contributed by atoms with van der Waals surface area (Å²) in [6.45, 7) is 2.02. The largest absolute Gasteiger partial charge is 0.364 e. The summed E-state index contributed by atoms with van der Waals surface area (Å²) in [4.78, 5) is 61.3. The maximum Gasteiger partial charge on any atom is 0.247 e. The van der Waals surface area contributed by atoms with Gasteiger partial charge in [-0.05, 0) is 54.2 Å². The molecule has 4 aromatic rings. The standard InChI is InChI=1S/C41H38N6O4/c1-23-15-17-25(18-16-23)20-31-37(51)47-33(35(49)43-31)22-41(27-12-6-8-14-29(27)45-39(41)47)40-21-32-34(48)42-30(19-24-9-3-2-4-10-24)36(50)46(32)38(40)44-28-13-7-5-11-26(28)40/h2-18,30-33,38-39,44-45H,19-22H2,1H3,(H,42,48)(H,43,49). The summed E-state index contributed by atoms with van der Waals surface area (Å²) in [5, 5.41) is 13.6. The number of aryl methyl sites for hydroxylation is 1. The van der Waals surface area contributed by atoms with Crippen LogP contribution in [0.15, 0.2) is 103 Å². The number of amides is 4. The molecule has 0 aromatic heterocycles. The lowest BCUT2D eigenvalue weighted by atomic mass is 9.54. The number of para-hydroxylation sites is 2. The van der Waals surface area contributed by atoms with Gasteiger partial charge in [0.05, 0.1) is 10.8 Å². The van der Waals surface area contributed by atoms with Crippen LogP contribution in [0, 0.1) is 6.92 Å². The van der Waals surface area contributed by atoms with Crippen LogP contribution in [0.2, 0.25) is 0 Å². The van der Waals surface area contributed by atoms with Gasteiger partial charge in [0.2, 0.25) is 23.6 Å². The van der Waals surface area contributed by atoms with E-state index in [0.717, 1.165) is 39.2 Å². The van der Waals surface area contributed by atoms with E-state index >= 15 is 0 Å². The van der Waals surface area contributed by atoms with E-state index in [2.05, 4.69) is 33.4 Å². The SMILES string of the molecule is Cc1ccc(CC2NC(=O)C3CC4(C56CC7C(=O)NC(Cc8ccccc8)C(=O)N7C5Nc5ccccc56)c5ccccc5NC4N3C2=O)cc1. The van der Waals surface area contributed by atoms with Gasteiger partial charge in [0.1, 0.15) is 36.5 Å². The first-order chi connectivity index (χ1) is 24.8. The van der Waals surface area contributed by atoms with E-state index in [1.165, 1.54) is 0 Å². The highest BCUT2D eigenvalue weighted by Gasteiger charge is 2.78. The summed E-state index contributed by atoms with van der Waals surface area (Å²) in [7, 11) is 0. The van der Waals surface area contributed by atoms with E-state index in [1.807, 2.05) is 97.9 Å². The fraction of sp³-hybridized carbons (Fsp3) is 0.317. The molecule has 10 rings (SSSR count). The normalized spacial score (nSPS) is 32.5. The fourth-order valence-corrected chi connectivity index (χ4v) is 10.5. The summed E-state index contributed by atoms with van der Waals surface area (Å²) < 4.78 is 0. The Hall–Kier alpha value is -5.64. The second-order valence-corrected chi connectivity index (χ2v) is 15.1. The molecule has 10 heteroatoms. The van der Waals surface area contributed by atoms with Crippen molar-refractivity contribution in [2.45, 2.75) is 79.9 Å². The van der Waals surface area contributed by atoms with E-state index in [0.29, 0.717) is 25.7 Å². The minimum Gasteiger partial charge on any atom is -0.364 e. The Morgan fingerprint density at radius 2 is 0.980 bits per heavy atom. The van der Waals surface area contributed by atoms with Crippen molar-refractivity contribution in [2.24, 2.45) is 0 Å². The van der Waals surface area contributed by atoms with Crippen molar-refractivity contribution in [3.05, 3.63) is 131 Å². The summed E-state index contributed by atoms with van der Waals surface area (Å²) >= 11 is 0. The lowest BCUT2D eigenvalue weighted by molar-refractivity contribution is -0.149. The maximum absolute atomic E-state index is 14.7. The molecule has 10 nitrogen and oxygen atoms in total. The Morgan fingerprint density at radius 1 is 0.549 bits per heavy atom. The highest BCUT2D eigenvalue weighted by Crippen LogP contribution is 2.68. The number of fused-ring (bicyclic) bond motifs is 11. The van der Waals surface area contributed by atoms with Crippen LogP contribution >= 0.6 is 0 Å². The fourth-order valence-electron chi connectivity index (χ4n) is 10.5. The van der Waals surface area contributed by atoms with Crippen LogP contribution in [0.3, 0.4) is 0 Å². The molecule has 8 atom stereocenters. The maximum atomic E-state index is 14.7. The van der Waals surface area contributed by atoms with Gasteiger partial charge in [-0.2, -0.15) is 0 Å². The highest BCUT2D eigenvalue weighted by molar-refractivity contribution is 6.01. The zero-order valence-electron chi connectivity index (χ0n) is 28.1. The number of carbonyl (C=O) groups excluding carboxylic acids is 4. The number of carbonyl (C=O) groups is 4. The molecule has 6 aliphatic rings. The van der Waals surface area contributed by atoms with Gasteiger partial charge in [-0.1, -0.05) is 96.6 Å². The van der Waals surface area contributed by atoms with Gasteiger partial charge in [0, 0.05) is 24.2 Å². The smallest absolute Gasteiger partial charge is 0.247 e. The molecule has 51 heavy (non-hydrogen) atoms. The number of piperazine rings is 2. The Kier molecular flexibility index (Phi) is 6.33. The third-order valence-electron chi connectivity index (χ3n) is 12.6. The summed E-state index contributed by atoms with van der Waals surface area (Å²) in [5.41, 5.74) is 5.13. The number of nitrogens with zero attached hydrogens (tertiary/aromatic N) is 2. The average molecular weight is 679 g/mol. The molecule has 6 heterocycles. The van der Waals surface area contributed by atoms with E-state index in [-0.39, 0.29) is 23.6 Å². The zero-order valence-corrected chi connectivity index (χ0v) is 28.1. The second kappa shape index (κ2) is 10.7. The molecule has 4 amide bonds. The first-order valence-corrected chi connectivity index (χ1v) is 17.9. The number of nitrogens with one attached hydrogen (secondary N) is 4. The summed E-state index contributed by atoms with van der Waals surface area (Å²) in [5.74, 6) is -0.629. The van der Waals surface area contributed by atoms with Crippen molar-refractivity contribution in [2.75, 3.05) is 10.6 Å². The molecule has 4 saturated heterocycles. The number of rotatable bonds is 5. The van der Waals surface area contributed by atoms with Crippen molar-refractivity contribution in [1.82, 2.24) is 20.4 Å². The topological polar surface area (TPSA) is 123 Å². The number of hydrogen-bond donors (Lipinski definition) is 4. The van der Waals surface area contributed by atoms with Gasteiger partial charge in [-0.15, -0.1) is 0 Å². The predicted octanol–water partition coefficient (Wildman–Crippen LogP) is 3.36. The summed E-state index contributed by atoms with van der Waals surface area (Å²) in [6, 6.07) is 31.1. The molecule has 4 N–H and O–H groups in total. The molecule has 0 aliphatic carbocycles. The zero-order chi connectivity index (χ0) is 34.6. The van der Waals surface area contributed by atoms with Crippen molar-refractivity contribution < 1.29 is 19.2 Å². The van der Waals surface area contributed by atoms with Gasteiger partial charge >= 0.3 is 0 Å². The molecule has 0 saturated carbocycles. The Labute approximate surface area is 295 Å². The quantitative estimate of drug-likeness (QED) is 0.257. The van der Waals surface area contributed by atoms with Gasteiger partial charge in [0.25, 0.3) is 0 Å². The van der Waals surface area contributed by atoms with E-state index in [1.54, 1.807) is 9.80 Å². The summed E-state index contributed by atoms with van der Waals surface area (Å²) in [6.07, 6.45) is 0.266. The molecular formula is C41H38N6O4.